The van der Waals surface area contributed by atoms with Crippen LogP contribution in [-0.4, -0.2) is 51.3 Å². The van der Waals surface area contributed by atoms with E-state index in [9.17, 15) is 9.59 Å². The van der Waals surface area contributed by atoms with Crippen LogP contribution < -0.4 is 19.7 Å². The molecule has 1 fully saturated rings. The molecule has 1 atom stereocenters. The fourth-order valence-electron chi connectivity index (χ4n) is 3.19. The second-order valence-corrected chi connectivity index (χ2v) is 6.88. The Balaban J connectivity index is 2.27. The molecule has 1 aromatic rings. The van der Waals surface area contributed by atoms with Crippen LogP contribution in [0.15, 0.2) is 12.1 Å². The molecule has 1 aromatic carbocycles. The van der Waals surface area contributed by atoms with Gasteiger partial charge >= 0.3 is 0 Å². The highest BCUT2D eigenvalue weighted by Crippen LogP contribution is 2.44. The number of nitrogens with zero attached hydrogens (tertiary/aromatic N) is 1. The topological polar surface area (TPSA) is 77.1 Å². The van der Waals surface area contributed by atoms with Crippen LogP contribution >= 0.6 is 11.6 Å². The van der Waals surface area contributed by atoms with E-state index in [-0.39, 0.29) is 18.2 Å². The van der Waals surface area contributed by atoms with Crippen LogP contribution in [0.5, 0.6) is 11.5 Å². The number of ether oxygens (including phenoxy) is 3. The number of carbonyl (C=O) groups is 2. The van der Waals surface area contributed by atoms with Crippen LogP contribution in [0.1, 0.15) is 33.1 Å². The number of methoxy groups -OCH3 is 2. The van der Waals surface area contributed by atoms with Crippen molar-refractivity contribution in [3.8, 4) is 11.5 Å². The Kier molecular flexibility index (Phi) is 7.33. The maximum absolute atomic E-state index is 12.9. The molecule has 7 nitrogen and oxygen atoms in total. The van der Waals surface area contributed by atoms with Gasteiger partial charge in [-0.1, -0.05) is 11.6 Å². The van der Waals surface area contributed by atoms with Crippen molar-refractivity contribution >= 4 is 29.1 Å². The highest BCUT2D eigenvalue weighted by Gasteiger charge is 2.49. The van der Waals surface area contributed by atoms with E-state index in [0.29, 0.717) is 54.8 Å². The molecule has 0 aliphatic carbocycles. The molecular formula is C19H27ClN2O5. The van der Waals surface area contributed by atoms with Crippen LogP contribution in [0.3, 0.4) is 0 Å². The predicted molar refractivity (Wildman–Crippen MR) is 104 cm³/mol. The summed E-state index contributed by atoms with van der Waals surface area (Å²) in [7, 11) is 3.00. The Morgan fingerprint density at radius 1 is 1.30 bits per heavy atom. The van der Waals surface area contributed by atoms with E-state index in [0.717, 1.165) is 0 Å². The van der Waals surface area contributed by atoms with E-state index >= 15 is 0 Å². The molecule has 8 heteroatoms. The molecule has 1 aliphatic rings. The lowest BCUT2D eigenvalue weighted by atomic mass is 9.96. The number of anilines is 1. The van der Waals surface area contributed by atoms with Gasteiger partial charge in [0.1, 0.15) is 17.0 Å². The first-order valence-corrected chi connectivity index (χ1v) is 9.37. The van der Waals surface area contributed by atoms with E-state index in [4.69, 9.17) is 25.8 Å². The van der Waals surface area contributed by atoms with Gasteiger partial charge in [0, 0.05) is 32.2 Å². The Labute approximate surface area is 164 Å². The van der Waals surface area contributed by atoms with Gasteiger partial charge in [0.05, 0.1) is 24.9 Å². The standard InChI is InChI=1S/C19H27ClN2O5/c1-5-27-10-6-9-21-18(24)19(2)8-7-17(23)22(19)14-11-13(20)15(25-3)12-16(14)26-4/h11-12H,5-10H2,1-4H3,(H,21,24). The molecule has 1 saturated heterocycles. The number of halogens is 1. The molecule has 1 N–H and O–H groups in total. The fourth-order valence-corrected chi connectivity index (χ4v) is 3.43. The van der Waals surface area contributed by atoms with E-state index in [1.54, 1.807) is 19.1 Å². The summed E-state index contributed by atoms with van der Waals surface area (Å²) in [4.78, 5) is 27.0. The second-order valence-electron chi connectivity index (χ2n) is 6.47. The summed E-state index contributed by atoms with van der Waals surface area (Å²) in [5, 5.41) is 3.25. The lowest BCUT2D eigenvalue weighted by Crippen LogP contribution is -2.55. The maximum atomic E-state index is 12.9. The summed E-state index contributed by atoms with van der Waals surface area (Å²) in [5.41, 5.74) is -0.564. The van der Waals surface area contributed by atoms with Gasteiger partial charge in [0.15, 0.2) is 0 Å². The highest BCUT2D eigenvalue weighted by atomic mass is 35.5. The van der Waals surface area contributed by atoms with Crippen molar-refractivity contribution in [1.82, 2.24) is 5.32 Å². The molecule has 0 radical (unpaired) electrons. The Hall–Kier alpha value is -1.99. The largest absolute Gasteiger partial charge is 0.495 e. The Bertz CT molecular complexity index is 697. The SMILES string of the molecule is CCOCCCNC(=O)C1(C)CCC(=O)N1c1cc(Cl)c(OC)cc1OC. The van der Waals surface area contributed by atoms with E-state index < -0.39 is 5.54 Å². The molecule has 0 spiro atoms. The number of rotatable bonds is 9. The summed E-state index contributed by atoms with van der Waals surface area (Å²) in [5.74, 6) is 0.494. The number of carbonyl (C=O) groups excluding carboxylic acids is 2. The van der Waals surface area contributed by atoms with Crippen molar-refractivity contribution in [2.24, 2.45) is 0 Å². The molecule has 1 heterocycles. The van der Waals surface area contributed by atoms with Crippen molar-refractivity contribution < 1.29 is 23.8 Å². The molecule has 27 heavy (non-hydrogen) atoms. The molecule has 2 rings (SSSR count). The minimum Gasteiger partial charge on any atom is -0.495 e. The Morgan fingerprint density at radius 3 is 2.63 bits per heavy atom. The van der Waals surface area contributed by atoms with Gasteiger partial charge in [-0.3, -0.25) is 14.5 Å². The van der Waals surface area contributed by atoms with Gasteiger partial charge in [-0.2, -0.15) is 0 Å². The van der Waals surface area contributed by atoms with Crippen molar-refractivity contribution in [2.45, 2.75) is 38.6 Å². The van der Waals surface area contributed by atoms with Gasteiger partial charge in [-0.05, 0) is 32.8 Å². The number of hydrogen-bond acceptors (Lipinski definition) is 5. The van der Waals surface area contributed by atoms with Crippen LogP contribution in [-0.2, 0) is 14.3 Å². The molecular weight excluding hydrogens is 372 g/mol. The fraction of sp³-hybridized carbons (Fsp3) is 0.579. The zero-order valence-corrected chi connectivity index (χ0v) is 17.0. The average Bonchev–Trinajstić information content (AvgIpc) is 2.96. The summed E-state index contributed by atoms with van der Waals surface area (Å²) in [6.45, 7) is 5.39. The summed E-state index contributed by atoms with van der Waals surface area (Å²) >= 11 is 6.26. The third-order valence-corrected chi connectivity index (χ3v) is 5.00. The smallest absolute Gasteiger partial charge is 0.246 e. The number of amides is 2. The first kappa shape index (κ1) is 21.3. The van der Waals surface area contributed by atoms with Gasteiger partial charge in [-0.25, -0.2) is 0 Å². The zero-order chi connectivity index (χ0) is 20.0. The maximum Gasteiger partial charge on any atom is 0.246 e. The number of nitrogens with one attached hydrogen (secondary N) is 1. The minimum atomic E-state index is -1.02. The van der Waals surface area contributed by atoms with Crippen molar-refractivity contribution in [1.29, 1.82) is 0 Å². The van der Waals surface area contributed by atoms with E-state index in [1.165, 1.54) is 19.1 Å². The summed E-state index contributed by atoms with van der Waals surface area (Å²) < 4.78 is 15.9. The molecule has 1 aliphatic heterocycles. The van der Waals surface area contributed by atoms with Crippen molar-refractivity contribution in [3.05, 3.63) is 17.2 Å². The van der Waals surface area contributed by atoms with Crippen molar-refractivity contribution in [3.63, 3.8) is 0 Å². The summed E-state index contributed by atoms with van der Waals surface area (Å²) in [6.07, 6.45) is 1.40. The molecule has 150 valence electrons. The van der Waals surface area contributed by atoms with Crippen LogP contribution in [0.25, 0.3) is 0 Å². The van der Waals surface area contributed by atoms with E-state index in [1.807, 2.05) is 6.92 Å². The second kappa shape index (κ2) is 9.28. The molecule has 1 unspecified atom stereocenters. The van der Waals surface area contributed by atoms with Crippen molar-refractivity contribution in [2.75, 3.05) is 38.9 Å². The molecule has 0 bridgehead atoms. The predicted octanol–water partition coefficient (Wildman–Crippen LogP) is 2.79. The normalized spacial score (nSPS) is 19.3. The number of benzene rings is 1. The highest BCUT2D eigenvalue weighted by molar-refractivity contribution is 6.32. The summed E-state index contributed by atoms with van der Waals surface area (Å²) in [6, 6.07) is 3.22. The van der Waals surface area contributed by atoms with Crippen LogP contribution in [0.2, 0.25) is 5.02 Å². The average molecular weight is 399 g/mol. The third-order valence-electron chi connectivity index (χ3n) is 4.71. The minimum absolute atomic E-state index is 0.151. The van der Waals surface area contributed by atoms with Gasteiger partial charge in [0.25, 0.3) is 0 Å². The Morgan fingerprint density at radius 2 is 2.00 bits per heavy atom. The number of hydrogen-bond donors (Lipinski definition) is 1. The molecule has 0 saturated carbocycles. The van der Waals surface area contributed by atoms with E-state index in [2.05, 4.69) is 5.32 Å². The van der Waals surface area contributed by atoms with Gasteiger partial charge < -0.3 is 19.5 Å². The molecule has 2 amide bonds. The van der Waals surface area contributed by atoms with Gasteiger partial charge in [-0.15, -0.1) is 0 Å². The first-order valence-electron chi connectivity index (χ1n) is 8.99. The first-order chi connectivity index (χ1) is 12.9. The zero-order valence-electron chi connectivity index (χ0n) is 16.3. The lowest BCUT2D eigenvalue weighted by molar-refractivity contribution is -0.127. The van der Waals surface area contributed by atoms with Crippen LogP contribution in [0, 0.1) is 0 Å². The molecule has 0 aromatic heterocycles. The lowest BCUT2D eigenvalue weighted by Gasteiger charge is -2.35. The quantitative estimate of drug-likeness (QED) is 0.647. The monoisotopic (exact) mass is 398 g/mol. The van der Waals surface area contributed by atoms with Gasteiger partial charge in [0.2, 0.25) is 11.8 Å². The van der Waals surface area contributed by atoms with Crippen LogP contribution in [0.4, 0.5) is 5.69 Å². The third kappa shape index (κ3) is 4.47.